The quantitative estimate of drug-likeness (QED) is 0.503. The average molecular weight is 315 g/mol. The molecule has 0 saturated heterocycles. The van der Waals surface area contributed by atoms with Crippen LogP contribution in [-0.4, -0.2) is 14.8 Å². The first-order valence-corrected chi connectivity index (χ1v) is 8.19. The van der Waals surface area contributed by atoms with Crippen LogP contribution in [0, 0.1) is 5.92 Å². The van der Waals surface area contributed by atoms with Crippen LogP contribution in [0.3, 0.4) is 0 Å². The molecule has 0 amide bonds. The maximum atomic E-state index is 9.40. The third kappa shape index (κ3) is 2.86. The van der Waals surface area contributed by atoms with Gasteiger partial charge in [-0.3, -0.25) is 0 Å². The monoisotopic (exact) mass is 315 g/mol. The molecule has 2 aromatic rings. The highest BCUT2D eigenvalue weighted by molar-refractivity contribution is 7.80. The Labute approximate surface area is 135 Å². The zero-order valence-corrected chi connectivity index (χ0v) is 13.6. The highest BCUT2D eigenvalue weighted by Crippen LogP contribution is 2.25. The fraction of sp³-hybridized carbons (Fsp3) is 0.412. The number of thiocarbonyl (C=S) groups is 1. The van der Waals surface area contributed by atoms with Gasteiger partial charge in [-0.25, -0.2) is 0 Å². The van der Waals surface area contributed by atoms with Crippen LogP contribution < -0.4 is 10.8 Å². The Hall–Kier alpha value is -1.88. The lowest BCUT2D eigenvalue weighted by molar-refractivity contribution is 0.296. The summed E-state index contributed by atoms with van der Waals surface area (Å²) in [6.07, 6.45) is 6.10. The fourth-order valence-corrected chi connectivity index (χ4v) is 3.59. The van der Waals surface area contributed by atoms with Gasteiger partial charge in [0.05, 0.1) is 10.7 Å². The number of nitrogens with one attached hydrogen (secondary N) is 1. The Bertz CT molecular complexity index is 760. The molecular weight excluding hydrogens is 294 g/mol. The van der Waals surface area contributed by atoms with E-state index in [1.165, 1.54) is 19.3 Å². The summed E-state index contributed by atoms with van der Waals surface area (Å²) in [4.78, 5) is 0.861. The van der Waals surface area contributed by atoms with Crippen molar-refractivity contribution in [1.82, 2.24) is 4.57 Å². The molecule has 0 radical (unpaired) electrons. The minimum atomic E-state index is 0.437. The topological polar surface area (TPSA) is 49.5 Å². The van der Waals surface area contributed by atoms with Gasteiger partial charge < -0.3 is 15.1 Å². The number of rotatable bonds is 2. The molecule has 0 spiro atoms. The molecule has 1 aliphatic carbocycles. The number of aryl methyl sites for hydroxylation is 1. The lowest BCUT2D eigenvalue weighted by Crippen LogP contribution is -2.29. The Kier molecular flexibility index (Phi) is 4.43. The summed E-state index contributed by atoms with van der Waals surface area (Å²) in [6, 6.07) is 10.0. The molecule has 1 fully saturated rings. The summed E-state index contributed by atoms with van der Waals surface area (Å²) in [5, 5.41) is 17.3. The summed E-state index contributed by atoms with van der Waals surface area (Å²) in [6.45, 7) is 0. The molecule has 1 aromatic heterocycles. The number of pyridine rings is 1. The molecule has 0 bridgehead atoms. The third-order valence-electron chi connectivity index (χ3n) is 4.49. The Morgan fingerprint density at radius 2 is 2.00 bits per heavy atom. The van der Waals surface area contributed by atoms with Crippen LogP contribution in [0.15, 0.2) is 35.5 Å². The number of anilines is 1. The number of hydrogen-bond acceptors (Lipinski definition) is 3. The van der Waals surface area contributed by atoms with Gasteiger partial charge in [-0.05, 0) is 25.0 Å². The highest BCUT2D eigenvalue weighted by atomic mass is 32.1. The van der Waals surface area contributed by atoms with Gasteiger partial charge in [-0.1, -0.05) is 54.8 Å². The summed E-state index contributed by atoms with van der Waals surface area (Å²) >= 11 is 5.59. The summed E-state index contributed by atoms with van der Waals surface area (Å²) in [5.41, 5.74) is 2.28. The van der Waals surface area contributed by atoms with Crippen molar-refractivity contribution in [2.75, 3.05) is 5.32 Å². The summed E-state index contributed by atoms with van der Waals surface area (Å²) in [5.74, 6) is 0.437. The van der Waals surface area contributed by atoms with Gasteiger partial charge >= 0.3 is 0 Å². The summed E-state index contributed by atoms with van der Waals surface area (Å²) in [7, 11) is 1.90. The normalized spacial score (nSPS) is 16.9. The van der Waals surface area contributed by atoms with E-state index in [9.17, 15) is 5.21 Å². The molecule has 4 nitrogen and oxygen atoms in total. The van der Waals surface area contributed by atoms with Gasteiger partial charge in [-0.15, -0.1) is 0 Å². The lowest BCUT2D eigenvalue weighted by atomic mass is 9.89. The van der Waals surface area contributed by atoms with Crippen molar-refractivity contribution in [3.8, 4) is 0 Å². The Balaban J connectivity index is 1.97. The van der Waals surface area contributed by atoms with Gasteiger partial charge in [0, 0.05) is 23.9 Å². The van der Waals surface area contributed by atoms with Crippen molar-refractivity contribution < 1.29 is 5.21 Å². The van der Waals surface area contributed by atoms with Crippen molar-refractivity contribution in [3.63, 3.8) is 0 Å². The SMILES string of the molecule is Cn1c(=NO)c(NC(=S)C2CCCCC2)cc2ccccc21. The number of fused-ring (bicyclic) bond motifs is 1. The second-order valence-electron chi connectivity index (χ2n) is 5.92. The fourth-order valence-electron chi connectivity index (χ4n) is 3.24. The van der Waals surface area contributed by atoms with E-state index in [0.29, 0.717) is 11.4 Å². The van der Waals surface area contributed by atoms with E-state index in [2.05, 4.69) is 10.5 Å². The Morgan fingerprint density at radius 3 is 2.73 bits per heavy atom. The number of nitrogens with zero attached hydrogens (tertiary/aromatic N) is 2. The lowest BCUT2D eigenvalue weighted by Gasteiger charge is -2.23. The van der Waals surface area contributed by atoms with Crippen LogP contribution in [-0.2, 0) is 7.05 Å². The molecule has 3 rings (SSSR count). The predicted molar refractivity (Wildman–Crippen MR) is 93.1 cm³/mol. The molecule has 0 unspecified atom stereocenters. The first-order chi connectivity index (χ1) is 10.7. The van der Waals surface area contributed by atoms with Gasteiger partial charge in [-0.2, -0.15) is 0 Å². The van der Waals surface area contributed by atoms with E-state index in [4.69, 9.17) is 12.2 Å². The molecule has 2 N–H and O–H groups in total. The second kappa shape index (κ2) is 6.48. The minimum Gasteiger partial charge on any atom is -0.409 e. The molecule has 0 atom stereocenters. The molecule has 1 aromatic carbocycles. The highest BCUT2D eigenvalue weighted by Gasteiger charge is 2.19. The molecule has 1 aliphatic rings. The Morgan fingerprint density at radius 1 is 1.27 bits per heavy atom. The van der Waals surface area contributed by atoms with E-state index in [0.717, 1.165) is 34.4 Å². The van der Waals surface area contributed by atoms with E-state index in [1.807, 2.05) is 41.9 Å². The third-order valence-corrected chi connectivity index (χ3v) is 4.92. The minimum absolute atomic E-state index is 0.437. The zero-order chi connectivity index (χ0) is 15.5. The van der Waals surface area contributed by atoms with Crippen LogP contribution in [0.4, 0.5) is 5.69 Å². The van der Waals surface area contributed by atoms with Gasteiger partial charge in [0.15, 0.2) is 5.49 Å². The number of para-hydroxylation sites is 1. The van der Waals surface area contributed by atoms with Gasteiger partial charge in [0.1, 0.15) is 0 Å². The number of aromatic nitrogens is 1. The molecule has 22 heavy (non-hydrogen) atoms. The van der Waals surface area contributed by atoms with Gasteiger partial charge in [0.2, 0.25) is 0 Å². The van der Waals surface area contributed by atoms with Gasteiger partial charge in [0.25, 0.3) is 0 Å². The smallest absolute Gasteiger partial charge is 0.195 e. The molecular formula is C17H21N3OS. The number of benzene rings is 1. The van der Waals surface area contributed by atoms with Crippen molar-refractivity contribution >= 4 is 33.8 Å². The van der Waals surface area contributed by atoms with Crippen LogP contribution >= 0.6 is 12.2 Å². The average Bonchev–Trinajstić information content (AvgIpc) is 2.56. The van der Waals surface area contributed by atoms with E-state index >= 15 is 0 Å². The van der Waals surface area contributed by atoms with E-state index < -0.39 is 0 Å². The van der Waals surface area contributed by atoms with Crippen molar-refractivity contribution in [2.24, 2.45) is 18.1 Å². The van der Waals surface area contributed by atoms with Crippen molar-refractivity contribution in [3.05, 3.63) is 35.8 Å². The maximum Gasteiger partial charge on any atom is 0.195 e. The standard InChI is InChI=1S/C17H21N3OS/c1-20-15-10-6-5-9-13(15)11-14(16(20)19-21)18-17(22)12-7-3-2-4-8-12/h5-6,9-12,21H,2-4,7-8H2,1H3,(H,18,22). The van der Waals surface area contributed by atoms with E-state index in [1.54, 1.807) is 0 Å². The van der Waals surface area contributed by atoms with Crippen molar-refractivity contribution in [1.29, 1.82) is 0 Å². The summed E-state index contributed by atoms with van der Waals surface area (Å²) < 4.78 is 1.88. The van der Waals surface area contributed by atoms with Crippen molar-refractivity contribution in [2.45, 2.75) is 32.1 Å². The molecule has 0 aliphatic heterocycles. The molecule has 116 valence electrons. The van der Waals surface area contributed by atoms with Crippen LogP contribution in [0.1, 0.15) is 32.1 Å². The van der Waals surface area contributed by atoms with E-state index in [-0.39, 0.29) is 0 Å². The second-order valence-corrected chi connectivity index (χ2v) is 6.36. The molecule has 1 saturated carbocycles. The van der Waals surface area contributed by atoms with Crippen LogP contribution in [0.25, 0.3) is 10.9 Å². The zero-order valence-electron chi connectivity index (χ0n) is 12.7. The number of hydrogen-bond donors (Lipinski definition) is 2. The van der Waals surface area contributed by atoms with Crippen LogP contribution in [0.5, 0.6) is 0 Å². The largest absolute Gasteiger partial charge is 0.409 e. The van der Waals surface area contributed by atoms with Crippen LogP contribution in [0.2, 0.25) is 0 Å². The predicted octanol–water partition coefficient (Wildman–Crippen LogP) is 3.79. The molecule has 5 heteroatoms. The maximum absolute atomic E-state index is 9.40. The first kappa shape index (κ1) is 15.0. The molecule has 1 heterocycles. The first-order valence-electron chi connectivity index (χ1n) is 7.78.